The average molecular weight is 295 g/mol. The molecule has 2 fully saturated rings. The van der Waals surface area contributed by atoms with Crippen molar-refractivity contribution in [3.8, 4) is 0 Å². The van der Waals surface area contributed by atoms with Crippen LogP contribution in [0.1, 0.15) is 30.9 Å². The van der Waals surface area contributed by atoms with Crippen molar-refractivity contribution in [2.75, 3.05) is 13.1 Å². The van der Waals surface area contributed by atoms with E-state index in [1.165, 1.54) is 31.4 Å². The Hall–Kier alpha value is -0.380. The van der Waals surface area contributed by atoms with Crippen molar-refractivity contribution in [3.63, 3.8) is 0 Å². The molecule has 2 bridgehead atoms. The van der Waals surface area contributed by atoms with Gasteiger partial charge in [0.05, 0.1) is 0 Å². The molecule has 2 nitrogen and oxygen atoms in total. The Labute approximate surface area is 111 Å². The molecule has 3 heteroatoms. The topological polar surface area (TPSA) is 29.3 Å². The summed E-state index contributed by atoms with van der Waals surface area (Å²) in [7, 11) is 0. The van der Waals surface area contributed by atoms with Gasteiger partial charge in [0, 0.05) is 29.6 Å². The molecule has 2 N–H and O–H groups in total. The highest BCUT2D eigenvalue weighted by Gasteiger charge is 2.40. The molecule has 1 aliphatic heterocycles. The Bertz CT molecular complexity index is 390. The predicted molar refractivity (Wildman–Crippen MR) is 73.8 cm³/mol. The Kier molecular flexibility index (Phi) is 3.24. The van der Waals surface area contributed by atoms with Crippen molar-refractivity contribution >= 4 is 15.9 Å². The van der Waals surface area contributed by atoms with E-state index in [4.69, 9.17) is 5.73 Å². The third-order valence-electron chi connectivity index (χ3n) is 4.33. The van der Waals surface area contributed by atoms with Crippen LogP contribution in [0.4, 0.5) is 0 Å². The molecular weight excluding hydrogens is 276 g/mol. The first-order valence-electron chi connectivity index (χ1n) is 6.49. The quantitative estimate of drug-likeness (QED) is 0.929. The van der Waals surface area contributed by atoms with E-state index in [0.717, 1.165) is 23.0 Å². The Morgan fingerprint density at radius 1 is 1.29 bits per heavy atom. The number of fused-ring (bicyclic) bond motifs is 2. The van der Waals surface area contributed by atoms with Crippen LogP contribution in [0.2, 0.25) is 0 Å². The Morgan fingerprint density at radius 3 is 2.59 bits per heavy atom. The number of hydrogen-bond donors (Lipinski definition) is 1. The highest BCUT2D eigenvalue weighted by molar-refractivity contribution is 9.10. The highest BCUT2D eigenvalue weighted by Crippen LogP contribution is 2.41. The normalized spacial score (nSPS) is 29.8. The van der Waals surface area contributed by atoms with Crippen LogP contribution in [0.25, 0.3) is 0 Å². The molecule has 1 saturated carbocycles. The van der Waals surface area contributed by atoms with Crippen LogP contribution in [0, 0.1) is 5.92 Å². The van der Waals surface area contributed by atoms with Gasteiger partial charge < -0.3 is 5.73 Å². The van der Waals surface area contributed by atoms with E-state index in [0.29, 0.717) is 6.04 Å². The summed E-state index contributed by atoms with van der Waals surface area (Å²) in [6.07, 6.45) is 4.20. The maximum absolute atomic E-state index is 6.00. The molecule has 3 atom stereocenters. The summed E-state index contributed by atoms with van der Waals surface area (Å²) >= 11 is 3.49. The second-order valence-corrected chi connectivity index (χ2v) is 6.25. The Balaban J connectivity index is 1.81. The first-order chi connectivity index (χ1) is 8.28. The first kappa shape index (κ1) is 11.7. The van der Waals surface area contributed by atoms with Gasteiger partial charge in [-0.3, -0.25) is 4.90 Å². The number of likely N-dealkylation sites (tertiary alicyclic amines) is 1. The summed E-state index contributed by atoms with van der Waals surface area (Å²) in [5, 5.41) is 0. The lowest BCUT2D eigenvalue weighted by Gasteiger charge is -2.34. The summed E-state index contributed by atoms with van der Waals surface area (Å²) < 4.78 is 1.14. The lowest BCUT2D eigenvalue weighted by atomic mass is 10.0. The lowest BCUT2D eigenvalue weighted by Crippen LogP contribution is -2.39. The minimum atomic E-state index is 0.415. The molecule has 1 heterocycles. The van der Waals surface area contributed by atoms with Gasteiger partial charge in [-0.2, -0.15) is 0 Å². The van der Waals surface area contributed by atoms with Gasteiger partial charge in [-0.1, -0.05) is 28.1 Å². The number of hydrogen-bond acceptors (Lipinski definition) is 2. The van der Waals surface area contributed by atoms with Crippen LogP contribution < -0.4 is 5.73 Å². The van der Waals surface area contributed by atoms with Crippen molar-refractivity contribution in [1.29, 1.82) is 0 Å². The monoisotopic (exact) mass is 294 g/mol. The van der Waals surface area contributed by atoms with Crippen molar-refractivity contribution < 1.29 is 0 Å². The fourth-order valence-corrected chi connectivity index (χ4v) is 3.76. The van der Waals surface area contributed by atoms with Gasteiger partial charge in [0.1, 0.15) is 0 Å². The van der Waals surface area contributed by atoms with E-state index in [1.54, 1.807) is 0 Å². The second-order valence-electron chi connectivity index (χ2n) is 5.33. The minimum absolute atomic E-state index is 0.415. The van der Waals surface area contributed by atoms with E-state index in [9.17, 15) is 0 Å². The number of benzene rings is 1. The van der Waals surface area contributed by atoms with Crippen LogP contribution in [-0.2, 0) is 0 Å². The van der Waals surface area contributed by atoms with E-state index in [1.807, 2.05) is 0 Å². The van der Waals surface area contributed by atoms with E-state index in [-0.39, 0.29) is 0 Å². The molecule has 1 saturated heterocycles. The summed E-state index contributed by atoms with van der Waals surface area (Å²) in [5.41, 5.74) is 7.37. The fourth-order valence-electron chi connectivity index (χ4n) is 3.49. The second kappa shape index (κ2) is 4.71. The summed E-state index contributed by atoms with van der Waals surface area (Å²) in [6, 6.07) is 9.84. The van der Waals surface area contributed by atoms with Gasteiger partial charge in [-0.25, -0.2) is 0 Å². The van der Waals surface area contributed by atoms with Crippen molar-refractivity contribution in [2.45, 2.75) is 31.3 Å². The summed E-state index contributed by atoms with van der Waals surface area (Å²) in [4.78, 5) is 2.64. The molecule has 17 heavy (non-hydrogen) atoms. The molecule has 1 aromatic carbocycles. The summed E-state index contributed by atoms with van der Waals surface area (Å²) in [6.45, 7) is 1.98. The number of nitrogens with two attached hydrogens (primary N) is 1. The fraction of sp³-hybridized carbons (Fsp3) is 0.571. The third kappa shape index (κ3) is 2.16. The van der Waals surface area contributed by atoms with Gasteiger partial charge in [0.2, 0.25) is 0 Å². The van der Waals surface area contributed by atoms with Crippen molar-refractivity contribution in [3.05, 3.63) is 34.3 Å². The van der Waals surface area contributed by atoms with E-state index >= 15 is 0 Å². The zero-order valence-electron chi connectivity index (χ0n) is 9.98. The minimum Gasteiger partial charge on any atom is -0.329 e. The zero-order valence-corrected chi connectivity index (χ0v) is 11.6. The standard InChI is InChI=1S/C14H19BrN2/c15-12-4-2-11(3-5-12)14(8-16)17-9-10-1-6-13(17)7-10/h2-5,10,13-14H,1,6-9,16H2. The van der Waals surface area contributed by atoms with E-state index in [2.05, 4.69) is 45.1 Å². The van der Waals surface area contributed by atoms with Gasteiger partial charge >= 0.3 is 0 Å². The molecule has 2 aliphatic rings. The zero-order chi connectivity index (χ0) is 11.8. The Morgan fingerprint density at radius 2 is 2.06 bits per heavy atom. The SMILES string of the molecule is NCC(c1ccc(Br)cc1)N1CC2CCC1C2. The summed E-state index contributed by atoms with van der Waals surface area (Å²) in [5.74, 6) is 0.935. The van der Waals surface area contributed by atoms with Crippen LogP contribution in [0.5, 0.6) is 0 Å². The maximum atomic E-state index is 6.00. The average Bonchev–Trinajstić information content (AvgIpc) is 2.95. The molecule has 0 radical (unpaired) electrons. The maximum Gasteiger partial charge on any atom is 0.0473 e. The van der Waals surface area contributed by atoms with E-state index < -0.39 is 0 Å². The van der Waals surface area contributed by atoms with Gasteiger partial charge in [-0.15, -0.1) is 0 Å². The van der Waals surface area contributed by atoms with Crippen LogP contribution in [0.3, 0.4) is 0 Å². The molecule has 3 unspecified atom stereocenters. The molecule has 1 aromatic rings. The van der Waals surface area contributed by atoms with Crippen LogP contribution in [0.15, 0.2) is 28.7 Å². The molecular formula is C14H19BrN2. The van der Waals surface area contributed by atoms with Crippen molar-refractivity contribution in [2.24, 2.45) is 11.7 Å². The first-order valence-corrected chi connectivity index (χ1v) is 7.28. The molecule has 0 amide bonds. The predicted octanol–water partition coefficient (Wildman–Crippen LogP) is 2.93. The number of halogens is 1. The largest absolute Gasteiger partial charge is 0.329 e. The van der Waals surface area contributed by atoms with Crippen LogP contribution >= 0.6 is 15.9 Å². The van der Waals surface area contributed by atoms with Crippen LogP contribution in [-0.4, -0.2) is 24.0 Å². The third-order valence-corrected chi connectivity index (χ3v) is 4.86. The lowest BCUT2D eigenvalue weighted by molar-refractivity contribution is 0.153. The molecule has 92 valence electrons. The smallest absolute Gasteiger partial charge is 0.0473 e. The van der Waals surface area contributed by atoms with Gasteiger partial charge in [-0.05, 0) is 42.9 Å². The van der Waals surface area contributed by atoms with Gasteiger partial charge in [0.15, 0.2) is 0 Å². The molecule has 1 aliphatic carbocycles. The molecule has 0 spiro atoms. The number of piperidine rings is 1. The number of rotatable bonds is 3. The van der Waals surface area contributed by atoms with Crippen molar-refractivity contribution in [1.82, 2.24) is 4.90 Å². The highest BCUT2D eigenvalue weighted by atomic mass is 79.9. The molecule has 3 rings (SSSR count). The number of nitrogens with zero attached hydrogens (tertiary/aromatic N) is 1. The molecule has 0 aromatic heterocycles. The van der Waals surface area contributed by atoms with Gasteiger partial charge in [0.25, 0.3) is 0 Å².